The Hall–Kier alpha value is -1.51. The van der Waals surface area contributed by atoms with Crippen LogP contribution in [0.2, 0.25) is 0 Å². The number of benzene rings is 1. The van der Waals surface area contributed by atoms with Crippen LogP contribution in [-0.4, -0.2) is 30.9 Å². The third kappa shape index (κ3) is 2.12. The van der Waals surface area contributed by atoms with Gasteiger partial charge >= 0.3 is 0 Å². The predicted octanol–water partition coefficient (Wildman–Crippen LogP) is 1.96. The molecule has 0 aromatic heterocycles. The highest BCUT2D eigenvalue weighted by Crippen LogP contribution is 2.15. The zero-order valence-corrected chi connectivity index (χ0v) is 8.99. The van der Waals surface area contributed by atoms with Crippen LogP contribution in [0.25, 0.3) is 0 Å². The van der Waals surface area contributed by atoms with Gasteiger partial charge in [-0.1, -0.05) is 6.07 Å². The van der Waals surface area contributed by atoms with E-state index in [1.54, 1.807) is 0 Å². The molecule has 3 nitrogen and oxygen atoms in total. The molecule has 15 heavy (non-hydrogen) atoms. The van der Waals surface area contributed by atoms with Gasteiger partial charge in [0.25, 0.3) is 5.91 Å². The smallest absolute Gasteiger partial charge is 0.253 e. The molecule has 0 aliphatic carbocycles. The van der Waals surface area contributed by atoms with E-state index in [9.17, 15) is 4.79 Å². The number of rotatable bonds is 2. The summed E-state index contributed by atoms with van der Waals surface area (Å²) < 4.78 is 0. The number of nitrogens with zero attached hydrogens (tertiary/aromatic N) is 1. The Labute approximate surface area is 90.1 Å². The lowest BCUT2D eigenvalue weighted by atomic mass is 10.2. The fourth-order valence-electron chi connectivity index (χ4n) is 1.91. The predicted molar refractivity (Wildman–Crippen MR) is 61.1 cm³/mol. The van der Waals surface area contributed by atoms with Crippen molar-refractivity contribution in [1.82, 2.24) is 4.90 Å². The monoisotopic (exact) mass is 204 g/mol. The Morgan fingerprint density at radius 3 is 2.73 bits per heavy atom. The number of hydrogen-bond donors (Lipinski definition) is 1. The summed E-state index contributed by atoms with van der Waals surface area (Å²) in [6.45, 7) is 1.81. The minimum absolute atomic E-state index is 0.157. The summed E-state index contributed by atoms with van der Waals surface area (Å²) in [6, 6.07) is 7.65. The summed E-state index contributed by atoms with van der Waals surface area (Å²) >= 11 is 0. The van der Waals surface area contributed by atoms with Crippen molar-refractivity contribution in [3.63, 3.8) is 0 Å². The van der Waals surface area contributed by atoms with Crippen molar-refractivity contribution >= 4 is 11.6 Å². The minimum Gasteiger partial charge on any atom is -0.388 e. The van der Waals surface area contributed by atoms with Gasteiger partial charge in [-0.2, -0.15) is 0 Å². The Kier molecular flexibility index (Phi) is 2.90. The van der Waals surface area contributed by atoms with Crippen LogP contribution in [0.1, 0.15) is 23.2 Å². The molecule has 1 N–H and O–H groups in total. The van der Waals surface area contributed by atoms with E-state index < -0.39 is 0 Å². The molecule has 1 aliphatic rings. The number of carbonyl (C=O) groups is 1. The van der Waals surface area contributed by atoms with Crippen molar-refractivity contribution in [3.8, 4) is 0 Å². The molecule has 1 aliphatic heterocycles. The van der Waals surface area contributed by atoms with Crippen molar-refractivity contribution in [1.29, 1.82) is 0 Å². The molecule has 0 saturated carbocycles. The average Bonchev–Trinajstić information content (AvgIpc) is 2.81. The van der Waals surface area contributed by atoms with E-state index in [4.69, 9.17) is 0 Å². The highest BCUT2D eigenvalue weighted by Gasteiger charge is 2.19. The van der Waals surface area contributed by atoms with Gasteiger partial charge in [-0.25, -0.2) is 0 Å². The van der Waals surface area contributed by atoms with Gasteiger partial charge in [-0.05, 0) is 31.0 Å². The topological polar surface area (TPSA) is 32.3 Å². The van der Waals surface area contributed by atoms with Gasteiger partial charge in [0.2, 0.25) is 0 Å². The first-order valence-electron chi connectivity index (χ1n) is 5.38. The molecule has 1 heterocycles. The summed E-state index contributed by atoms with van der Waals surface area (Å²) in [6.07, 6.45) is 2.27. The Morgan fingerprint density at radius 2 is 2.07 bits per heavy atom. The molecule has 2 rings (SSSR count). The quantitative estimate of drug-likeness (QED) is 0.798. The third-order valence-corrected chi connectivity index (χ3v) is 2.79. The summed E-state index contributed by atoms with van der Waals surface area (Å²) in [5.74, 6) is 0.157. The zero-order valence-electron chi connectivity index (χ0n) is 8.99. The number of nitrogens with one attached hydrogen (secondary N) is 1. The van der Waals surface area contributed by atoms with E-state index >= 15 is 0 Å². The zero-order chi connectivity index (χ0) is 10.7. The van der Waals surface area contributed by atoms with Gasteiger partial charge in [0.05, 0.1) is 0 Å². The largest absolute Gasteiger partial charge is 0.388 e. The molecule has 1 saturated heterocycles. The van der Waals surface area contributed by atoms with Crippen molar-refractivity contribution in [2.24, 2.45) is 0 Å². The van der Waals surface area contributed by atoms with Gasteiger partial charge < -0.3 is 10.2 Å². The maximum atomic E-state index is 12.0. The third-order valence-electron chi connectivity index (χ3n) is 2.79. The minimum atomic E-state index is 0.157. The molecular formula is C12H16N2O. The van der Waals surface area contributed by atoms with Crippen LogP contribution >= 0.6 is 0 Å². The Balaban J connectivity index is 2.17. The standard InChI is InChI=1S/C12H16N2O/c1-13-11-6-4-5-10(9-11)12(15)14-7-2-3-8-14/h4-6,9,13H,2-3,7-8H2,1H3. The van der Waals surface area contributed by atoms with Crippen LogP contribution in [0.5, 0.6) is 0 Å². The van der Waals surface area contributed by atoms with Crippen molar-refractivity contribution in [2.45, 2.75) is 12.8 Å². The van der Waals surface area contributed by atoms with Crippen LogP contribution in [-0.2, 0) is 0 Å². The van der Waals surface area contributed by atoms with Gasteiger partial charge in [0, 0.05) is 31.4 Å². The molecule has 3 heteroatoms. The van der Waals surface area contributed by atoms with Gasteiger partial charge in [0.1, 0.15) is 0 Å². The maximum absolute atomic E-state index is 12.0. The number of carbonyl (C=O) groups excluding carboxylic acids is 1. The highest BCUT2D eigenvalue weighted by molar-refractivity contribution is 5.95. The second-order valence-corrected chi connectivity index (χ2v) is 3.83. The lowest BCUT2D eigenvalue weighted by Crippen LogP contribution is -2.27. The van der Waals surface area contributed by atoms with Gasteiger partial charge in [-0.3, -0.25) is 4.79 Å². The van der Waals surface area contributed by atoms with Crippen molar-refractivity contribution in [2.75, 3.05) is 25.5 Å². The number of anilines is 1. The molecule has 1 aromatic carbocycles. The number of hydrogen-bond acceptors (Lipinski definition) is 2. The van der Waals surface area contributed by atoms with E-state index in [0.717, 1.165) is 37.2 Å². The molecule has 1 aromatic rings. The molecule has 0 radical (unpaired) electrons. The molecule has 0 unspecified atom stereocenters. The molecule has 80 valence electrons. The maximum Gasteiger partial charge on any atom is 0.253 e. The highest BCUT2D eigenvalue weighted by atomic mass is 16.2. The second-order valence-electron chi connectivity index (χ2n) is 3.83. The van der Waals surface area contributed by atoms with Gasteiger partial charge in [-0.15, -0.1) is 0 Å². The average molecular weight is 204 g/mol. The van der Waals surface area contributed by atoms with Crippen molar-refractivity contribution in [3.05, 3.63) is 29.8 Å². The van der Waals surface area contributed by atoms with Crippen molar-refractivity contribution < 1.29 is 4.79 Å². The molecule has 0 spiro atoms. The van der Waals surface area contributed by atoms with E-state index in [2.05, 4.69) is 5.32 Å². The number of amides is 1. The second kappa shape index (κ2) is 4.34. The summed E-state index contributed by atoms with van der Waals surface area (Å²) in [4.78, 5) is 13.9. The first kappa shape index (κ1) is 10.0. The Bertz CT molecular complexity index is 356. The van der Waals surface area contributed by atoms with Crippen LogP contribution < -0.4 is 5.32 Å². The van der Waals surface area contributed by atoms with Crippen LogP contribution in [0.3, 0.4) is 0 Å². The molecule has 0 atom stereocenters. The lowest BCUT2D eigenvalue weighted by molar-refractivity contribution is 0.0793. The first-order valence-corrected chi connectivity index (χ1v) is 5.38. The summed E-state index contributed by atoms with van der Waals surface area (Å²) in [5.41, 5.74) is 1.77. The first-order chi connectivity index (χ1) is 7.31. The molecular weight excluding hydrogens is 188 g/mol. The molecule has 1 fully saturated rings. The molecule has 1 amide bonds. The SMILES string of the molecule is CNc1cccc(C(=O)N2CCCC2)c1. The summed E-state index contributed by atoms with van der Waals surface area (Å²) in [5, 5.41) is 3.04. The summed E-state index contributed by atoms with van der Waals surface area (Å²) in [7, 11) is 1.86. The fraction of sp³-hybridized carbons (Fsp3) is 0.417. The van der Waals surface area contributed by atoms with Crippen LogP contribution in [0.4, 0.5) is 5.69 Å². The van der Waals surface area contributed by atoms with E-state index in [-0.39, 0.29) is 5.91 Å². The van der Waals surface area contributed by atoms with E-state index in [1.807, 2.05) is 36.2 Å². The Morgan fingerprint density at radius 1 is 1.33 bits per heavy atom. The normalized spacial score (nSPS) is 15.4. The van der Waals surface area contributed by atoms with E-state index in [1.165, 1.54) is 0 Å². The van der Waals surface area contributed by atoms with Crippen LogP contribution in [0, 0.1) is 0 Å². The van der Waals surface area contributed by atoms with Gasteiger partial charge in [0.15, 0.2) is 0 Å². The number of likely N-dealkylation sites (tertiary alicyclic amines) is 1. The molecule has 0 bridgehead atoms. The van der Waals surface area contributed by atoms with E-state index in [0.29, 0.717) is 0 Å². The van der Waals surface area contributed by atoms with Crippen LogP contribution in [0.15, 0.2) is 24.3 Å². The lowest BCUT2D eigenvalue weighted by Gasteiger charge is -2.15. The fourth-order valence-corrected chi connectivity index (χ4v) is 1.91.